The van der Waals surface area contributed by atoms with Crippen LogP contribution in [0.4, 0.5) is 5.95 Å². The van der Waals surface area contributed by atoms with Crippen LogP contribution >= 0.6 is 11.6 Å². The number of anilines is 1. The zero-order chi connectivity index (χ0) is 10.7. The second-order valence-electron chi connectivity index (χ2n) is 2.75. The van der Waals surface area contributed by atoms with Gasteiger partial charge in [-0.2, -0.15) is 0 Å². The Labute approximate surface area is 90.5 Å². The van der Waals surface area contributed by atoms with Gasteiger partial charge < -0.3 is 4.98 Å². The third-order valence-electron chi connectivity index (χ3n) is 1.75. The summed E-state index contributed by atoms with van der Waals surface area (Å²) in [5.74, 6) is 0.0604. The lowest BCUT2D eigenvalue weighted by atomic mass is 10.2. The van der Waals surface area contributed by atoms with Crippen molar-refractivity contribution in [3.05, 3.63) is 41.4 Å². The first-order valence-corrected chi connectivity index (χ1v) is 4.55. The molecule has 6 heteroatoms. The van der Waals surface area contributed by atoms with Crippen molar-refractivity contribution >= 4 is 23.5 Å². The van der Waals surface area contributed by atoms with Crippen LogP contribution < -0.4 is 5.32 Å². The van der Waals surface area contributed by atoms with Crippen molar-refractivity contribution in [2.45, 2.75) is 0 Å². The molecule has 0 aromatic carbocycles. The third-order valence-corrected chi connectivity index (χ3v) is 2.05. The van der Waals surface area contributed by atoms with Crippen molar-refractivity contribution in [2.75, 3.05) is 5.32 Å². The van der Waals surface area contributed by atoms with E-state index in [-0.39, 0.29) is 5.91 Å². The molecule has 0 fully saturated rings. The number of aromatic amines is 1. The Hall–Kier alpha value is -1.88. The minimum Gasteiger partial charge on any atom is -0.331 e. The van der Waals surface area contributed by atoms with Crippen LogP contribution in [-0.2, 0) is 0 Å². The Morgan fingerprint density at radius 1 is 1.47 bits per heavy atom. The summed E-state index contributed by atoms with van der Waals surface area (Å²) in [4.78, 5) is 22.1. The maximum absolute atomic E-state index is 11.6. The van der Waals surface area contributed by atoms with Crippen molar-refractivity contribution < 1.29 is 4.79 Å². The number of hydrogen-bond acceptors (Lipinski definition) is 3. The van der Waals surface area contributed by atoms with E-state index >= 15 is 0 Å². The van der Waals surface area contributed by atoms with Gasteiger partial charge in [-0.1, -0.05) is 11.6 Å². The molecule has 0 saturated carbocycles. The first-order chi connectivity index (χ1) is 7.27. The van der Waals surface area contributed by atoms with Crippen LogP contribution in [0.5, 0.6) is 0 Å². The number of aromatic nitrogens is 3. The van der Waals surface area contributed by atoms with E-state index in [4.69, 9.17) is 11.6 Å². The van der Waals surface area contributed by atoms with Gasteiger partial charge in [0.15, 0.2) is 0 Å². The molecule has 0 saturated heterocycles. The minimum absolute atomic E-state index is 0.307. The summed E-state index contributed by atoms with van der Waals surface area (Å²) in [5, 5.41) is 2.87. The lowest BCUT2D eigenvalue weighted by Crippen LogP contribution is -2.13. The number of halogens is 1. The zero-order valence-corrected chi connectivity index (χ0v) is 8.32. The van der Waals surface area contributed by atoms with Gasteiger partial charge >= 0.3 is 0 Å². The molecule has 2 aromatic heterocycles. The molecule has 0 radical (unpaired) electrons. The van der Waals surface area contributed by atoms with E-state index < -0.39 is 0 Å². The van der Waals surface area contributed by atoms with E-state index in [0.717, 1.165) is 0 Å². The summed E-state index contributed by atoms with van der Waals surface area (Å²) >= 11 is 5.81. The Bertz CT molecular complexity index is 469. The molecule has 0 spiro atoms. The summed E-state index contributed by atoms with van der Waals surface area (Å²) in [6.07, 6.45) is 6.08. The highest BCUT2D eigenvalue weighted by Crippen LogP contribution is 2.14. The molecule has 0 bridgehead atoms. The van der Waals surface area contributed by atoms with Gasteiger partial charge in [0.05, 0.1) is 10.6 Å². The van der Waals surface area contributed by atoms with Gasteiger partial charge in [0.2, 0.25) is 5.95 Å². The topological polar surface area (TPSA) is 70.7 Å². The molecule has 2 rings (SSSR count). The quantitative estimate of drug-likeness (QED) is 0.813. The Morgan fingerprint density at radius 3 is 3.00 bits per heavy atom. The monoisotopic (exact) mass is 222 g/mol. The predicted octanol–water partition coefficient (Wildman–Crippen LogP) is 1.71. The molecular formula is C9H7ClN4O. The van der Waals surface area contributed by atoms with Gasteiger partial charge in [-0.15, -0.1) is 0 Å². The number of pyridine rings is 1. The second kappa shape index (κ2) is 4.10. The molecule has 2 heterocycles. The average molecular weight is 223 g/mol. The second-order valence-corrected chi connectivity index (χ2v) is 3.15. The maximum Gasteiger partial charge on any atom is 0.259 e. The molecule has 0 aliphatic rings. The predicted molar refractivity (Wildman–Crippen MR) is 55.8 cm³/mol. The van der Waals surface area contributed by atoms with Crippen molar-refractivity contribution in [1.82, 2.24) is 15.0 Å². The molecule has 2 aromatic rings. The zero-order valence-electron chi connectivity index (χ0n) is 7.57. The van der Waals surface area contributed by atoms with E-state index in [1.807, 2.05) is 0 Å². The van der Waals surface area contributed by atoms with Gasteiger partial charge in [0.25, 0.3) is 5.91 Å². The van der Waals surface area contributed by atoms with E-state index in [2.05, 4.69) is 20.3 Å². The summed E-state index contributed by atoms with van der Waals surface area (Å²) in [7, 11) is 0. The Kier molecular flexibility index (Phi) is 2.64. The van der Waals surface area contributed by atoms with Crippen molar-refractivity contribution in [3.63, 3.8) is 0 Å². The number of hydrogen-bond donors (Lipinski definition) is 2. The highest BCUT2D eigenvalue weighted by atomic mass is 35.5. The fourth-order valence-corrected chi connectivity index (χ4v) is 1.27. The highest BCUT2D eigenvalue weighted by molar-refractivity contribution is 6.34. The number of nitrogens with one attached hydrogen (secondary N) is 2. The lowest BCUT2D eigenvalue weighted by molar-refractivity contribution is 0.102. The lowest BCUT2D eigenvalue weighted by Gasteiger charge is -2.02. The molecular weight excluding hydrogens is 216 g/mol. The largest absolute Gasteiger partial charge is 0.331 e. The van der Waals surface area contributed by atoms with Gasteiger partial charge in [0, 0.05) is 24.8 Å². The van der Waals surface area contributed by atoms with Gasteiger partial charge in [-0.3, -0.25) is 15.1 Å². The van der Waals surface area contributed by atoms with Gasteiger partial charge in [-0.25, -0.2) is 4.98 Å². The van der Waals surface area contributed by atoms with Crippen LogP contribution in [0.1, 0.15) is 10.4 Å². The highest BCUT2D eigenvalue weighted by Gasteiger charge is 2.10. The SMILES string of the molecule is O=C(Nc1ncc[nH]1)c1ccncc1Cl. The number of amides is 1. The summed E-state index contributed by atoms with van der Waals surface area (Å²) in [6.45, 7) is 0. The number of carbonyl (C=O) groups is 1. The van der Waals surface area contributed by atoms with Crippen molar-refractivity contribution in [2.24, 2.45) is 0 Å². The smallest absolute Gasteiger partial charge is 0.259 e. The molecule has 0 aliphatic heterocycles. The van der Waals surface area contributed by atoms with Gasteiger partial charge in [0.1, 0.15) is 0 Å². The van der Waals surface area contributed by atoms with Crippen LogP contribution in [0, 0.1) is 0 Å². The minimum atomic E-state index is -0.322. The van der Waals surface area contributed by atoms with E-state index in [1.165, 1.54) is 12.4 Å². The Morgan fingerprint density at radius 2 is 2.33 bits per heavy atom. The maximum atomic E-state index is 11.6. The Balaban J connectivity index is 2.19. The fraction of sp³-hybridized carbons (Fsp3) is 0. The third kappa shape index (κ3) is 2.13. The first kappa shape index (κ1) is 9.67. The normalized spacial score (nSPS) is 9.93. The average Bonchev–Trinajstić information content (AvgIpc) is 2.71. The number of nitrogens with zero attached hydrogens (tertiary/aromatic N) is 2. The molecule has 0 atom stereocenters. The van der Waals surface area contributed by atoms with Gasteiger partial charge in [-0.05, 0) is 6.07 Å². The van der Waals surface area contributed by atoms with Crippen molar-refractivity contribution in [1.29, 1.82) is 0 Å². The van der Waals surface area contributed by atoms with Crippen molar-refractivity contribution in [3.8, 4) is 0 Å². The van der Waals surface area contributed by atoms with E-state index in [1.54, 1.807) is 18.5 Å². The molecule has 0 aliphatic carbocycles. The van der Waals surface area contributed by atoms with Crippen LogP contribution in [0.25, 0.3) is 0 Å². The summed E-state index contributed by atoms with van der Waals surface area (Å²) in [6, 6.07) is 1.54. The van der Waals surface area contributed by atoms with Crippen LogP contribution in [0.3, 0.4) is 0 Å². The molecule has 15 heavy (non-hydrogen) atoms. The molecule has 0 unspecified atom stereocenters. The first-order valence-electron chi connectivity index (χ1n) is 4.17. The molecule has 76 valence electrons. The fourth-order valence-electron chi connectivity index (χ4n) is 1.07. The molecule has 5 nitrogen and oxygen atoms in total. The number of rotatable bonds is 2. The number of imidazole rings is 1. The summed E-state index contributed by atoms with van der Waals surface area (Å²) in [5.41, 5.74) is 0.364. The van der Waals surface area contributed by atoms with Crippen LogP contribution in [0.2, 0.25) is 5.02 Å². The van der Waals surface area contributed by atoms with E-state index in [0.29, 0.717) is 16.5 Å². The molecule has 1 amide bonds. The standard InChI is InChI=1S/C9H7ClN4O/c10-7-5-11-2-1-6(7)8(15)14-9-12-3-4-13-9/h1-5H,(H2,12,13,14,15). The van der Waals surface area contributed by atoms with Crippen LogP contribution in [0.15, 0.2) is 30.9 Å². The number of H-pyrrole nitrogens is 1. The number of carbonyl (C=O) groups excluding carboxylic acids is 1. The summed E-state index contributed by atoms with van der Waals surface area (Å²) < 4.78 is 0. The van der Waals surface area contributed by atoms with Crippen LogP contribution in [-0.4, -0.2) is 20.9 Å². The molecule has 2 N–H and O–H groups in total. The van der Waals surface area contributed by atoms with E-state index in [9.17, 15) is 4.79 Å².